The molecule has 0 bridgehead atoms. The van der Waals surface area contributed by atoms with Gasteiger partial charge < -0.3 is 4.74 Å². The molecule has 27 heavy (non-hydrogen) atoms. The summed E-state index contributed by atoms with van der Waals surface area (Å²) in [6, 6.07) is 27.5. The van der Waals surface area contributed by atoms with Crippen LogP contribution in [0, 0.1) is 0 Å². The maximum Gasteiger partial charge on any atom is 0.337 e. The van der Waals surface area contributed by atoms with Crippen LogP contribution >= 0.6 is 0 Å². The van der Waals surface area contributed by atoms with Crippen molar-refractivity contribution in [2.45, 2.75) is 0 Å². The average molecular weight is 354 g/mol. The SMILES string of the molecule is COC(=O)c1ccc(-n2cc(-c3ccccc3)nc2-c2ccccc2)cc1. The van der Waals surface area contributed by atoms with Crippen molar-refractivity contribution in [2.75, 3.05) is 7.11 Å². The summed E-state index contributed by atoms with van der Waals surface area (Å²) >= 11 is 0. The third-order valence-corrected chi connectivity index (χ3v) is 4.37. The Labute approximate surface area is 157 Å². The molecule has 0 N–H and O–H groups in total. The van der Waals surface area contributed by atoms with Gasteiger partial charge in [-0.3, -0.25) is 4.57 Å². The number of benzene rings is 3. The molecule has 1 heterocycles. The first-order valence-electron chi connectivity index (χ1n) is 8.65. The maximum absolute atomic E-state index is 11.7. The molecule has 0 atom stereocenters. The minimum Gasteiger partial charge on any atom is -0.465 e. The van der Waals surface area contributed by atoms with Crippen LogP contribution in [-0.4, -0.2) is 22.6 Å². The molecule has 4 rings (SSSR count). The van der Waals surface area contributed by atoms with Crippen molar-refractivity contribution >= 4 is 5.97 Å². The number of imidazole rings is 1. The van der Waals surface area contributed by atoms with Gasteiger partial charge in [0.15, 0.2) is 0 Å². The highest BCUT2D eigenvalue weighted by atomic mass is 16.5. The van der Waals surface area contributed by atoms with Crippen molar-refractivity contribution in [3.8, 4) is 28.3 Å². The molecule has 0 saturated heterocycles. The number of hydrogen-bond donors (Lipinski definition) is 0. The summed E-state index contributed by atoms with van der Waals surface area (Å²) in [5.74, 6) is 0.501. The first-order chi connectivity index (χ1) is 13.3. The molecule has 0 radical (unpaired) electrons. The summed E-state index contributed by atoms with van der Waals surface area (Å²) in [6.07, 6.45) is 2.02. The van der Waals surface area contributed by atoms with Crippen molar-refractivity contribution in [3.63, 3.8) is 0 Å². The van der Waals surface area contributed by atoms with E-state index >= 15 is 0 Å². The van der Waals surface area contributed by atoms with Crippen LogP contribution in [0.5, 0.6) is 0 Å². The van der Waals surface area contributed by atoms with Crippen LogP contribution in [0.2, 0.25) is 0 Å². The van der Waals surface area contributed by atoms with Gasteiger partial charge in [0, 0.05) is 23.0 Å². The van der Waals surface area contributed by atoms with E-state index < -0.39 is 0 Å². The third kappa shape index (κ3) is 3.37. The predicted octanol–water partition coefficient (Wildman–Crippen LogP) is 4.99. The molecule has 0 aliphatic carbocycles. The van der Waals surface area contributed by atoms with E-state index in [1.807, 2.05) is 83.6 Å². The Morgan fingerprint density at radius 2 is 1.41 bits per heavy atom. The highest BCUT2D eigenvalue weighted by Crippen LogP contribution is 2.27. The van der Waals surface area contributed by atoms with Gasteiger partial charge in [0.1, 0.15) is 5.82 Å². The number of methoxy groups -OCH3 is 1. The number of carbonyl (C=O) groups is 1. The van der Waals surface area contributed by atoms with Crippen LogP contribution in [0.1, 0.15) is 10.4 Å². The summed E-state index contributed by atoms with van der Waals surface area (Å²) in [5, 5.41) is 0. The highest BCUT2D eigenvalue weighted by molar-refractivity contribution is 5.89. The largest absolute Gasteiger partial charge is 0.465 e. The second-order valence-corrected chi connectivity index (χ2v) is 6.09. The van der Waals surface area contributed by atoms with Crippen LogP contribution in [0.3, 0.4) is 0 Å². The molecular weight excluding hydrogens is 336 g/mol. The Bertz CT molecular complexity index is 1050. The lowest BCUT2D eigenvalue weighted by Crippen LogP contribution is -2.02. The van der Waals surface area contributed by atoms with Crippen molar-refractivity contribution in [3.05, 3.63) is 96.7 Å². The lowest BCUT2D eigenvalue weighted by Gasteiger charge is -2.08. The van der Waals surface area contributed by atoms with Crippen LogP contribution < -0.4 is 0 Å². The van der Waals surface area contributed by atoms with Gasteiger partial charge >= 0.3 is 5.97 Å². The van der Waals surface area contributed by atoms with E-state index in [4.69, 9.17) is 9.72 Å². The Balaban J connectivity index is 1.83. The molecule has 4 aromatic rings. The average Bonchev–Trinajstić information content (AvgIpc) is 3.20. The third-order valence-electron chi connectivity index (χ3n) is 4.37. The molecule has 0 saturated carbocycles. The van der Waals surface area contributed by atoms with E-state index in [0.717, 1.165) is 28.3 Å². The summed E-state index contributed by atoms with van der Waals surface area (Å²) in [5.41, 5.74) is 4.42. The molecule has 4 nitrogen and oxygen atoms in total. The zero-order valence-corrected chi connectivity index (χ0v) is 14.9. The monoisotopic (exact) mass is 354 g/mol. The smallest absolute Gasteiger partial charge is 0.337 e. The van der Waals surface area contributed by atoms with Gasteiger partial charge in [-0.2, -0.15) is 0 Å². The fraction of sp³-hybridized carbons (Fsp3) is 0.0435. The number of aromatic nitrogens is 2. The molecule has 132 valence electrons. The molecule has 0 spiro atoms. The van der Waals surface area contributed by atoms with Crippen molar-refractivity contribution < 1.29 is 9.53 Å². The van der Waals surface area contributed by atoms with Crippen molar-refractivity contribution in [1.29, 1.82) is 0 Å². The van der Waals surface area contributed by atoms with E-state index in [-0.39, 0.29) is 5.97 Å². The standard InChI is InChI=1S/C23H18N2O2/c1-27-23(26)19-12-14-20(15-13-19)25-16-21(17-8-4-2-5-9-17)24-22(25)18-10-6-3-7-11-18/h2-16H,1H3. The molecule has 0 aliphatic rings. The van der Waals surface area contributed by atoms with Gasteiger partial charge in [-0.15, -0.1) is 0 Å². The van der Waals surface area contributed by atoms with Gasteiger partial charge in [-0.25, -0.2) is 9.78 Å². The minimum atomic E-state index is -0.347. The summed E-state index contributed by atoms with van der Waals surface area (Å²) < 4.78 is 6.82. The Morgan fingerprint density at radius 3 is 2.00 bits per heavy atom. The van der Waals surface area contributed by atoms with E-state index in [1.54, 1.807) is 12.1 Å². The van der Waals surface area contributed by atoms with Gasteiger partial charge in [-0.05, 0) is 24.3 Å². The van der Waals surface area contributed by atoms with Gasteiger partial charge in [0.25, 0.3) is 0 Å². The second kappa shape index (κ2) is 7.30. The molecule has 3 aromatic carbocycles. The number of nitrogens with zero attached hydrogens (tertiary/aromatic N) is 2. The van der Waals surface area contributed by atoms with Gasteiger partial charge in [-0.1, -0.05) is 60.7 Å². The fourth-order valence-corrected chi connectivity index (χ4v) is 2.99. The van der Waals surface area contributed by atoms with Gasteiger partial charge in [0.2, 0.25) is 0 Å². The van der Waals surface area contributed by atoms with Gasteiger partial charge in [0.05, 0.1) is 18.4 Å². The van der Waals surface area contributed by atoms with Crippen molar-refractivity contribution in [2.24, 2.45) is 0 Å². The van der Waals surface area contributed by atoms with E-state index in [9.17, 15) is 4.79 Å². The number of ether oxygens (including phenoxy) is 1. The second-order valence-electron chi connectivity index (χ2n) is 6.09. The Morgan fingerprint density at radius 1 is 0.815 bits per heavy atom. The molecular formula is C23H18N2O2. The van der Waals surface area contributed by atoms with E-state index in [2.05, 4.69) is 0 Å². The number of carbonyl (C=O) groups excluding carboxylic acids is 1. The number of rotatable bonds is 4. The molecule has 4 heteroatoms. The normalized spacial score (nSPS) is 10.6. The minimum absolute atomic E-state index is 0.347. The fourth-order valence-electron chi connectivity index (χ4n) is 2.99. The topological polar surface area (TPSA) is 44.1 Å². The summed E-state index contributed by atoms with van der Waals surface area (Å²) in [7, 11) is 1.38. The zero-order valence-electron chi connectivity index (χ0n) is 14.9. The molecule has 0 fully saturated rings. The van der Waals surface area contributed by atoms with E-state index in [0.29, 0.717) is 5.56 Å². The number of esters is 1. The Hall–Kier alpha value is -3.66. The van der Waals surface area contributed by atoms with Crippen LogP contribution in [0.15, 0.2) is 91.1 Å². The first kappa shape index (κ1) is 16.8. The van der Waals surface area contributed by atoms with Crippen molar-refractivity contribution in [1.82, 2.24) is 9.55 Å². The lowest BCUT2D eigenvalue weighted by molar-refractivity contribution is 0.0601. The van der Waals surface area contributed by atoms with Crippen LogP contribution in [0.25, 0.3) is 28.3 Å². The van der Waals surface area contributed by atoms with Crippen LogP contribution in [-0.2, 0) is 4.74 Å². The molecule has 0 aliphatic heterocycles. The first-order valence-corrected chi connectivity index (χ1v) is 8.65. The molecule has 1 aromatic heterocycles. The van der Waals surface area contributed by atoms with Crippen LogP contribution in [0.4, 0.5) is 0 Å². The quantitative estimate of drug-likeness (QED) is 0.485. The van der Waals surface area contributed by atoms with E-state index in [1.165, 1.54) is 7.11 Å². The predicted molar refractivity (Wildman–Crippen MR) is 106 cm³/mol. The summed E-state index contributed by atoms with van der Waals surface area (Å²) in [6.45, 7) is 0. The number of hydrogen-bond acceptors (Lipinski definition) is 3. The maximum atomic E-state index is 11.7. The molecule has 0 unspecified atom stereocenters. The lowest BCUT2D eigenvalue weighted by atomic mass is 10.2. The Kier molecular flexibility index (Phi) is 4.54. The highest BCUT2D eigenvalue weighted by Gasteiger charge is 2.13. The summed E-state index contributed by atoms with van der Waals surface area (Å²) in [4.78, 5) is 16.6. The molecule has 0 amide bonds. The zero-order chi connectivity index (χ0) is 18.6.